The van der Waals surface area contributed by atoms with Gasteiger partial charge in [0, 0.05) is 6.07 Å². The quantitative estimate of drug-likeness (QED) is 0.849. The highest BCUT2D eigenvalue weighted by Gasteiger charge is 2.22. The summed E-state index contributed by atoms with van der Waals surface area (Å²) in [5.74, 6) is -2.84. The van der Waals surface area contributed by atoms with Gasteiger partial charge in [-0.3, -0.25) is 4.72 Å². The Labute approximate surface area is 132 Å². The molecule has 0 unspecified atom stereocenters. The van der Waals surface area contributed by atoms with E-state index in [-0.39, 0.29) is 17.9 Å². The number of ether oxygens (including phenoxy) is 1. The van der Waals surface area contributed by atoms with Crippen LogP contribution in [0.2, 0.25) is 0 Å². The topological polar surface area (TPSA) is 72.5 Å². The van der Waals surface area contributed by atoms with Crippen molar-refractivity contribution in [3.63, 3.8) is 0 Å². The van der Waals surface area contributed by atoms with Crippen LogP contribution in [0.25, 0.3) is 0 Å². The molecule has 0 aromatic heterocycles. The van der Waals surface area contributed by atoms with E-state index in [1.807, 2.05) is 0 Å². The number of halogens is 2. The molecule has 5 nitrogen and oxygen atoms in total. The van der Waals surface area contributed by atoms with Gasteiger partial charge in [-0.15, -0.1) is 0 Å². The zero-order valence-electron chi connectivity index (χ0n) is 12.0. The van der Waals surface area contributed by atoms with Gasteiger partial charge in [0.2, 0.25) is 0 Å². The zero-order valence-corrected chi connectivity index (χ0v) is 12.9. The molecule has 0 atom stereocenters. The number of rotatable bonds is 5. The molecule has 2 aromatic carbocycles. The van der Waals surface area contributed by atoms with E-state index < -0.39 is 32.5 Å². The molecule has 0 bridgehead atoms. The van der Waals surface area contributed by atoms with Crippen molar-refractivity contribution in [3.8, 4) is 0 Å². The first-order valence-electron chi connectivity index (χ1n) is 6.59. The van der Waals surface area contributed by atoms with Gasteiger partial charge in [0.15, 0.2) is 0 Å². The average molecular weight is 341 g/mol. The lowest BCUT2D eigenvalue weighted by molar-refractivity contribution is 0.0527. The molecule has 0 heterocycles. The van der Waals surface area contributed by atoms with E-state index in [4.69, 9.17) is 4.74 Å². The molecule has 23 heavy (non-hydrogen) atoms. The summed E-state index contributed by atoms with van der Waals surface area (Å²) in [7, 11) is -4.33. The van der Waals surface area contributed by atoms with Crippen LogP contribution in [-0.4, -0.2) is 21.0 Å². The van der Waals surface area contributed by atoms with Crippen LogP contribution in [0.15, 0.2) is 47.4 Å². The molecular formula is C15H13F2NO4S. The molecule has 1 N–H and O–H groups in total. The van der Waals surface area contributed by atoms with Crippen molar-refractivity contribution in [3.05, 3.63) is 59.7 Å². The van der Waals surface area contributed by atoms with Gasteiger partial charge >= 0.3 is 5.97 Å². The molecule has 2 rings (SSSR count). The van der Waals surface area contributed by atoms with E-state index in [9.17, 15) is 22.0 Å². The highest BCUT2D eigenvalue weighted by atomic mass is 32.2. The minimum Gasteiger partial charge on any atom is -0.462 e. The number of anilines is 1. The molecule has 8 heteroatoms. The molecule has 2 aromatic rings. The first-order chi connectivity index (χ1) is 10.8. The molecular weight excluding hydrogens is 328 g/mol. The van der Waals surface area contributed by atoms with Gasteiger partial charge in [-0.25, -0.2) is 22.0 Å². The summed E-state index contributed by atoms with van der Waals surface area (Å²) in [6.07, 6.45) is 0. The summed E-state index contributed by atoms with van der Waals surface area (Å²) in [4.78, 5) is 11.1. The third kappa shape index (κ3) is 3.84. The van der Waals surface area contributed by atoms with Crippen molar-refractivity contribution in [1.29, 1.82) is 0 Å². The largest absolute Gasteiger partial charge is 0.462 e. The maximum absolute atomic E-state index is 13.7. The van der Waals surface area contributed by atoms with Gasteiger partial charge in [-0.05, 0) is 31.2 Å². The molecule has 0 saturated carbocycles. The second kappa shape index (κ2) is 6.74. The molecule has 0 aliphatic carbocycles. The Morgan fingerprint density at radius 3 is 2.52 bits per heavy atom. The lowest BCUT2D eigenvalue weighted by Crippen LogP contribution is -2.17. The normalized spacial score (nSPS) is 11.1. The van der Waals surface area contributed by atoms with E-state index >= 15 is 0 Å². The molecule has 0 fully saturated rings. The van der Waals surface area contributed by atoms with Crippen molar-refractivity contribution in [2.24, 2.45) is 0 Å². The van der Waals surface area contributed by atoms with Crippen LogP contribution < -0.4 is 4.72 Å². The Morgan fingerprint density at radius 2 is 1.87 bits per heavy atom. The van der Waals surface area contributed by atoms with Crippen LogP contribution in [0.4, 0.5) is 14.5 Å². The van der Waals surface area contributed by atoms with Crippen LogP contribution in [0, 0.1) is 11.6 Å². The summed E-state index contributed by atoms with van der Waals surface area (Å²) >= 11 is 0. The van der Waals surface area contributed by atoms with E-state index in [2.05, 4.69) is 4.72 Å². The molecule has 122 valence electrons. The lowest BCUT2D eigenvalue weighted by Gasteiger charge is -2.12. The standard InChI is InChI=1S/C15H13F2NO4S/c1-2-22-15(19)11-5-3-4-6-13(11)18-23(20,21)14-8-7-10(16)9-12(14)17/h3-9,18H,2H2,1H3. The van der Waals surface area contributed by atoms with Gasteiger partial charge in [0.05, 0.1) is 17.9 Å². The Morgan fingerprint density at radius 1 is 1.17 bits per heavy atom. The number of hydrogen-bond acceptors (Lipinski definition) is 4. The first-order valence-corrected chi connectivity index (χ1v) is 8.07. The summed E-state index contributed by atoms with van der Waals surface area (Å²) in [6, 6.07) is 7.84. The summed E-state index contributed by atoms with van der Waals surface area (Å²) < 4.78 is 58.0. The van der Waals surface area contributed by atoms with Crippen LogP contribution in [0.1, 0.15) is 17.3 Å². The molecule has 0 amide bonds. The van der Waals surface area contributed by atoms with Crippen molar-refractivity contribution >= 4 is 21.7 Å². The number of para-hydroxylation sites is 1. The Kier molecular flexibility index (Phi) is 4.95. The maximum atomic E-state index is 13.7. The molecule has 0 spiro atoms. The molecule has 0 saturated heterocycles. The number of esters is 1. The monoisotopic (exact) mass is 341 g/mol. The van der Waals surface area contributed by atoms with Gasteiger partial charge in [0.25, 0.3) is 10.0 Å². The van der Waals surface area contributed by atoms with Crippen LogP contribution >= 0.6 is 0 Å². The summed E-state index contributed by atoms with van der Waals surface area (Å²) in [5, 5.41) is 0. The molecule has 0 aliphatic rings. The third-order valence-electron chi connectivity index (χ3n) is 2.85. The van der Waals surface area contributed by atoms with Crippen molar-refractivity contribution in [2.75, 3.05) is 11.3 Å². The highest BCUT2D eigenvalue weighted by Crippen LogP contribution is 2.22. The van der Waals surface area contributed by atoms with Crippen molar-refractivity contribution in [2.45, 2.75) is 11.8 Å². The highest BCUT2D eigenvalue weighted by molar-refractivity contribution is 7.92. The van der Waals surface area contributed by atoms with E-state index in [0.717, 1.165) is 12.1 Å². The first kappa shape index (κ1) is 16.9. The van der Waals surface area contributed by atoms with Crippen LogP contribution in [0.3, 0.4) is 0 Å². The van der Waals surface area contributed by atoms with Crippen molar-refractivity contribution in [1.82, 2.24) is 0 Å². The van der Waals surface area contributed by atoms with Gasteiger partial charge in [0.1, 0.15) is 16.5 Å². The fraction of sp³-hybridized carbons (Fsp3) is 0.133. The molecule has 0 aliphatic heterocycles. The molecule has 0 radical (unpaired) electrons. The minimum atomic E-state index is -4.33. The zero-order chi connectivity index (χ0) is 17.0. The predicted octanol–water partition coefficient (Wildman–Crippen LogP) is 2.94. The third-order valence-corrected chi connectivity index (χ3v) is 4.25. The number of nitrogens with one attached hydrogen (secondary N) is 1. The van der Waals surface area contributed by atoms with E-state index in [0.29, 0.717) is 6.07 Å². The maximum Gasteiger partial charge on any atom is 0.340 e. The summed E-state index contributed by atoms with van der Waals surface area (Å²) in [6.45, 7) is 1.73. The lowest BCUT2D eigenvalue weighted by atomic mass is 10.2. The van der Waals surface area contributed by atoms with E-state index in [1.165, 1.54) is 24.3 Å². The number of hydrogen-bond donors (Lipinski definition) is 1. The number of benzene rings is 2. The van der Waals surface area contributed by atoms with Crippen LogP contribution in [0.5, 0.6) is 0 Å². The fourth-order valence-electron chi connectivity index (χ4n) is 1.85. The minimum absolute atomic E-state index is 0.0135. The van der Waals surface area contributed by atoms with Gasteiger partial charge in [-0.2, -0.15) is 0 Å². The Bertz CT molecular complexity index is 837. The van der Waals surface area contributed by atoms with E-state index in [1.54, 1.807) is 6.92 Å². The second-order valence-corrected chi connectivity index (χ2v) is 6.10. The summed E-state index contributed by atoms with van der Waals surface area (Å²) in [5.41, 5.74) is -0.0740. The second-order valence-electron chi connectivity index (χ2n) is 4.45. The van der Waals surface area contributed by atoms with Crippen molar-refractivity contribution < 1.29 is 26.7 Å². The fourth-order valence-corrected chi connectivity index (χ4v) is 2.99. The SMILES string of the molecule is CCOC(=O)c1ccccc1NS(=O)(=O)c1ccc(F)cc1F. The average Bonchev–Trinajstić information content (AvgIpc) is 2.47. The number of carbonyl (C=O) groups is 1. The smallest absolute Gasteiger partial charge is 0.340 e. The Balaban J connectivity index is 2.40. The number of sulfonamides is 1. The predicted molar refractivity (Wildman–Crippen MR) is 79.6 cm³/mol. The van der Waals surface area contributed by atoms with Gasteiger partial charge in [-0.1, -0.05) is 12.1 Å². The Hall–Kier alpha value is -2.48. The van der Waals surface area contributed by atoms with Gasteiger partial charge < -0.3 is 4.74 Å². The number of carbonyl (C=O) groups excluding carboxylic acids is 1. The van der Waals surface area contributed by atoms with Crippen LogP contribution in [-0.2, 0) is 14.8 Å².